The van der Waals surface area contributed by atoms with Crippen LogP contribution in [-0.2, 0) is 6.42 Å². The number of carbonyl (C=O) groups is 1. The van der Waals surface area contributed by atoms with E-state index < -0.39 is 0 Å². The van der Waals surface area contributed by atoms with Crippen LogP contribution < -0.4 is 5.32 Å². The Hall–Kier alpha value is -1.90. The molecule has 4 nitrogen and oxygen atoms in total. The Morgan fingerprint density at radius 3 is 3.05 bits per heavy atom. The van der Waals surface area contributed by atoms with E-state index in [0.717, 1.165) is 5.69 Å². The van der Waals surface area contributed by atoms with Crippen LogP contribution in [-0.4, -0.2) is 10.9 Å². The van der Waals surface area contributed by atoms with Crippen molar-refractivity contribution in [1.82, 2.24) is 4.98 Å². The zero-order valence-corrected chi connectivity index (χ0v) is 11.7. The molecule has 1 amide bonds. The van der Waals surface area contributed by atoms with E-state index in [0.29, 0.717) is 22.5 Å². The first-order valence-corrected chi connectivity index (χ1v) is 6.85. The third kappa shape index (κ3) is 3.11. The number of halogens is 1. The minimum absolute atomic E-state index is 0.288. The molecule has 0 aromatic carbocycles. The highest BCUT2D eigenvalue weighted by Gasteiger charge is 2.12. The van der Waals surface area contributed by atoms with Gasteiger partial charge in [-0.15, -0.1) is 11.3 Å². The van der Waals surface area contributed by atoms with Crippen molar-refractivity contribution in [1.29, 1.82) is 5.26 Å². The average Bonchev–Trinajstić information content (AvgIpc) is 2.85. The van der Waals surface area contributed by atoms with Gasteiger partial charge in [-0.2, -0.15) is 5.26 Å². The number of amides is 1. The fourth-order valence-electron chi connectivity index (χ4n) is 1.53. The highest BCUT2D eigenvalue weighted by molar-refractivity contribution is 7.14. The topological polar surface area (TPSA) is 65.8 Å². The summed E-state index contributed by atoms with van der Waals surface area (Å²) in [5, 5.41) is 14.2. The molecule has 2 rings (SSSR count). The van der Waals surface area contributed by atoms with Crippen molar-refractivity contribution in [3.05, 3.63) is 45.6 Å². The Morgan fingerprint density at radius 1 is 1.58 bits per heavy atom. The molecule has 0 saturated heterocycles. The van der Waals surface area contributed by atoms with Gasteiger partial charge >= 0.3 is 0 Å². The molecule has 0 bridgehead atoms. The number of thiophene rings is 1. The molecular formula is C13H10ClN3OS. The van der Waals surface area contributed by atoms with Crippen LogP contribution in [0.2, 0.25) is 5.15 Å². The Balaban J connectivity index is 2.26. The monoisotopic (exact) mass is 291 g/mol. The fraction of sp³-hybridized carbons (Fsp3) is 0.154. The number of hydrogen-bond acceptors (Lipinski definition) is 4. The molecule has 6 heteroatoms. The van der Waals surface area contributed by atoms with Crippen LogP contribution in [0.1, 0.15) is 28.5 Å². The molecule has 19 heavy (non-hydrogen) atoms. The molecule has 1 N–H and O–H groups in total. The summed E-state index contributed by atoms with van der Waals surface area (Å²) >= 11 is 7.18. The Kier molecular flexibility index (Phi) is 4.15. The number of nitriles is 1. The second-order valence-electron chi connectivity index (χ2n) is 3.75. The van der Waals surface area contributed by atoms with Crippen LogP contribution in [0.15, 0.2) is 23.6 Å². The second-order valence-corrected chi connectivity index (χ2v) is 5.06. The number of nitrogens with zero attached hydrogens (tertiary/aromatic N) is 2. The highest BCUT2D eigenvalue weighted by Crippen LogP contribution is 2.23. The first-order chi connectivity index (χ1) is 9.13. The predicted octanol–water partition coefficient (Wildman–Crippen LogP) is 3.48. The van der Waals surface area contributed by atoms with Gasteiger partial charge in [-0.05, 0) is 30.0 Å². The summed E-state index contributed by atoms with van der Waals surface area (Å²) in [7, 11) is 0. The molecule has 0 spiro atoms. The van der Waals surface area contributed by atoms with E-state index in [-0.39, 0.29) is 11.1 Å². The number of nitrogens with one attached hydrogen (secondary N) is 1. The van der Waals surface area contributed by atoms with Gasteiger partial charge in [-0.3, -0.25) is 4.79 Å². The van der Waals surface area contributed by atoms with Crippen LogP contribution in [0.4, 0.5) is 5.00 Å². The van der Waals surface area contributed by atoms with Gasteiger partial charge in [0.1, 0.15) is 16.2 Å². The normalized spacial score (nSPS) is 9.95. The van der Waals surface area contributed by atoms with Gasteiger partial charge in [0.25, 0.3) is 5.91 Å². The highest BCUT2D eigenvalue weighted by atomic mass is 35.5. The van der Waals surface area contributed by atoms with E-state index in [1.54, 1.807) is 17.5 Å². The minimum Gasteiger partial charge on any atom is -0.312 e. The van der Waals surface area contributed by atoms with Crippen LogP contribution in [0.25, 0.3) is 0 Å². The molecule has 0 radical (unpaired) electrons. The third-order valence-corrected chi connectivity index (χ3v) is 3.51. The smallest absolute Gasteiger partial charge is 0.256 e. The van der Waals surface area contributed by atoms with Crippen molar-refractivity contribution >= 4 is 33.8 Å². The maximum atomic E-state index is 12.1. The molecule has 0 aliphatic carbocycles. The van der Waals surface area contributed by atoms with Gasteiger partial charge in [0, 0.05) is 11.3 Å². The minimum atomic E-state index is -0.294. The predicted molar refractivity (Wildman–Crippen MR) is 75.6 cm³/mol. The van der Waals surface area contributed by atoms with Crippen molar-refractivity contribution in [2.75, 3.05) is 5.32 Å². The number of aromatic nitrogens is 1. The molecule has 0 aliphatic heterocycles. The second kappa shape index (κ2) is 5.83. The number of anilines is 1. The van der Waals surface area contributed by atoms with Gasteiger partial charge in [-0.1, -0.05) is 18.5 Å². The van der Waals surface area contributed by atoms with Crippen molar-refractivity contribution in [2.45, 2.75) is 13.3 Å². The Morgan fingerprint density at radius 2 is 2.37 bits per heavy atom. The van der Waals surface area contributed by atoms with E-state index in [1.807, 2.05) is 13.0 Å². The Bertz CT molecular complexity index is 660. The molecule has 0 atom stereocenters. The van der Waals surface area contributed by atoms with Gasteiger partial charge in [0.15, 0.2) is 0 Å². The van der Waals surface area contributed by atoms with Crippen molar-refractivity contribution in [3.8, 4) is 6.07 Å². The van der Waals surface area contributed by atoms with E-state index in [2.05, 4.69) is 10.3 Å². The summed E-state index contributed by atoms with van der Waals surface area (Å²) in [6.45, 7) is 1.94. The largest absolute Gasteiger partial charge is 0.312 e. The molecule has 0 saturated carbocycles. The summed E-state index contributed by atoms with van der Waals surface area (Å²) in [6.07, 6.45) is 0.698. The molecule has 2 heterocycles. The molecule has 2 aromatic rings. The van der Waals surface area contributed by atoms with Crippen LogP contribution in [0.5, 0.6) is 0 Å². The summed E-state index contributed by atoms with van der Waals surface area (Å²) in [6, 6.07) is 6.89. The van der Waals surface area contributed by atoms with Crippen LogP contribution in [0, 0.1) is 11.3 Å². The summed E-state index contributed by atoms with van der Waals surface area (Å²) in [5.41, 5.74) is 1.65. The molecule has 0 aliphatic rings. The van der Waals surface area contributed by atoms with Gasteiger partial charge in [0.05, 0.1) is 5.56 Å². The average molecular weight is 292 g/mol. The summed E-state index contributed by atoms with van der Waals surface area (Å²) in [5.74, 6) is -0.294. The van der Waals surface area contributed by atoms with Gasteiger partial charge in [0.2, 0.25) is 0 Å². The molecular weight excluding hydrogens is 282 g/mol. The standard InChI is InChI=1S/C13H10ClN3OS/c1-2-10-5-9(6-11(14)16-10)12(18)17-13-8(7-15)3-4-19-13/h3-6H,2H2,1H3,(H,17,18). The van der Waals surface area contributed by atoms with E-state index in [4.69, 9.17) is 16.9 Å². The van der Waals surface area contributed by atoms with Crippen LogP contribution >= 0.6 is 22.9 Å². The van der Waals surface area contributed by atoms with E-state index in [1.165, 1.54) is 17.4 Å². The summed E-state index contributed by atoms with van der Waals surface area (Å²) in [4.78, 5) is 16.2. The fourth-order valence-corrected chi connectivity index (χ4v) is 2.49. The number of rotatable bonds is 3. The molecule has 0 unspecified atom stereocenters. The van der Waals surface area contributed by atoms with E-state index >= 15 is 0 Å². The zero-order valence-electron chi connectivity index (χ0n) is 10.1. The molecule has 2 aromatic heterocycles. The maximum Gasteiger partial charge on any atom is 0.256 e. The van der Waals surface area contributed by atoms with E-state index in [9.17, 15) is 4.79 Å². The molecule has 96 valence electrons. The SMILES string of the molecule is CCc1cc(C(=O)Nc2sccc2C#N)cc(Cl)n1. The quantitative estimate of drug-likeness (QED) is 0.880. The lowest BCUT2D eigenvalue weighted by molar-refractivity contribution is 0.102. The lowest BCUT2D eigenvalue weighted by Gasteiger charge is -2.05. The lowest BCUT2D eigenvalue weighted by atomic mass is 10.2. The third-order valence-electron chi connectivity index (χ3n) is 2.48. The first kappa shape index (κ1) is 13.5. The van der Waals surface area contributed by atoms with Crippen molar-refractivity contribution in [2.24, 2.45) is 0 Å². The number of pyridine rings is 1. The van der Waals surface area contributed by atoms with Crippen molar-refractivity contribution < 1.29 is 4.79 Å². The summed E-state index contributed by atoms with van der Waals surface area (Å²) < 4.78 is 0. The Labute approximate surface area is 119 Å². The number of hydrogen-bond donors (Lipinski definition) is 1. The van der Waals surface area contributed by atoms with Crippen molar-refractivity contribution in [3.63, 3.8) is 0 Å². The lowest BCUT2D eigenvalue weighted by Crippen LogP contribution is -2.12. The first-order valence-electron chi connectivity index (χ1n) is 5.59. The van der Waals surface area contributed by atoms with Gasteiger partial charge in [-0.25, -0.2) is 4.98 Å². The zero-order chi connectivity index (χ0) is 13.8. The maximum absolute atomic E-state index is 12.1. The van der Waals surface area contributed by atoms with Crippen LogP contribution in [0.3, 0.4) is 0 Å². The number of carbonyl (C=O) groups excluding carboxylic acids is 1. The van der Waals surface area contributed by atoms with Gasteiger partial charge < -0.3 is 5.32 Å². The number of aryl methyl sites for hydroxylation is 1. The molecule has 0 fully saturated rings.